The van der Waals surface area contributed by atoms with Crippen LogP contribution in [0.5, 0.6) is 5.75 Å². The van der Waals surface area contributed by atoms with E-state index < -0.39 is 5.97 Å². The number of carboxylic acid groups (broad SMARTS) is 1. The maximum absolute atomic E-state index is 11.2. The van der Waals surface area contributed by atoms with Crippen molar-refractivity contribution >= 4 is 22.8 Å². The maximum atomic E-state index is 11.2. The van der Waals surface area contributed by atoms with Gasteiger partial charge in [0.25, 0.3) is 0 Å². The average molecular weight is 445 g/mol. The zero-order valence-electron chi connectivity index (χ0n) is 19.2. The molecule has 2 N–H and O–H groups in total. The zero-order chi connectivity index (χ0) is 23.0. The van der Waals surface area contributed by atoms with Crippen molar-refractivity contribution < 1.29 is 14.6 Å². The largest absolute Gasteiger partial charge is 0.489 e. The Kier molecular flexibility index (Phi) is 7.76. The number of nitrogens with one attached hydrogen (secondary N) is 1. The number of likely N-dealkylation sites (tertiary alicyclic amines) is 1. The van der Waals surface area contributed by atoms with Crippen molar-refractivity contribution in [1.82, 2.24) is 10.2 Å². The topological polar surface area (TPSA) is 61.8 Å². The van der Waals surface area contributed by atoms with Crippen LogP contribution in [0.25, 0.3) is 16.8 Å². The molecule has 172 valence electrons. The van der Waals surface area contributed by atoms with Crippen molar-refractivity contribution in [3.8, 4) is 5.75 Å². The molecule has 3 aromatic rings. The fourth-order valence-electron chi connectivity index (χ4n) is 4.45. The van der Waals surface area contributed by atoms with Gasteiger partial charge < -0.3 is 20.1 Å². The minimum Gasteiger partial charge on any atom is -0.489 e. The van der Waals surface area contributed by atoms with E-state index in [1.54, 1.807) is 12.1 Å². The molecule has 0 spiro atoms. The number of nitrogens with zero attached hydrogens (tertiary/aromatic N) is 1. The number of carboxylic acids is 1. The molecular weight excluding hydrogens is 412 g/mol. The van der Waals surface area contributed by atoms with E-state index in [2.05, 4.69) is 41.5 Å². The molecule has 1 aliphatic rings. The first-order valence-corrected chi connectivity index (χ1v) is 11.6. The second-order valence-electron chi connectivity index (χ2n) is 8.74. The summed E-state index contributed by atoms with van der Waals surface area (Å²) in [6, 6.07) is 22.0. The summed E-state index contributed by atoms with van der Waals surface area (Å²) in [6.45, 7) is 3.34. The molecule has 1 heterocycles. The SMILES string of the molecule is CN1CCCC1CCNCC(=Cc1ccc(C(=O)O)cc1)COc1cccc2ccccc12. The molecule has 1 atom stereocenters. The van der Waals surface area contributed by atoms with Crippen LogP contribution in [0.3, 0.4) is 0 Å². The number of carbonyl (C=O) groups is 1. The molecule has 0 amide bonds. The van der Waals surface area contributed by atoms with Gasteiger partial charge in [-0.2, -0.15) is 0 Å². The molecule has 5 nitrogen and oxygen atoms in total. The summed E-state index contributed by atoms with van der Waals surface area (Å²) < 4.78 is 6.25. The molecule has 33 heavy (non-hydrogen) atoms. The summed E-state index contributed by atoms with van der Waals surface area (Å²) in [5, 5.41) is 15.0. The lowest BCUT2D eigenvalue weighted by Gasteiger charge is -2.19. The quantitative estimate of drug-likeness (QED) is 0.427. The molecule has 4 rings (SSSR count). The van der Waals surface area contributed by atoms with Crippen molar-refractivity contribution in [3.05, 3.63) is 83.4 Å². The van der Waals surface area contributed by atoms with Crippen LogP contribution in [0.2, 0.25) is 0 Å². The van der Waals surface area contributed by atoms with E-state index in [-0.39, 0.29) is 0 Å². The first-order chi connectivity index (χ1) is 16.1. The Hall–Kier alpha value is -3.15. The van der Waals surface area contributed by atoms with Crippen molar-refractivity contribution in [3.63, 3.8) is 0 Å². The maximum Gasteiger partial charge on any atom is 0.335 e. The number of ether oxygens (including phenoxy) is 1. The third-order valence-corrected chi connectivity index (χ3v) is 6.37. The molecule has 0 aromatic heterocycles. The van der Waals surface area contributed by atoms with E-state index in [1.807, 2.05) is 36.4 Å². The van der Waals surface area contributed by atoms with Crippen molar-refractivity contribution in [1.29, 1.82) is 0 Å². The van der Waals surface area contributed by atoms with Gasteiger partial charge in [0.1, 0.15) is 12.4 Å². The summed E-state index contributed by atoms with van der Waals surface area (Å²) in [7, 11) is 2.21. The van der Waals surface area contributed by atoms with Gasteiger partial charge in [0.15, 0.2) is 0 Å². The van der Waals surface area contributed by atoms with Gasteiger partial charge >= 0.3 is 5.97 Å². The lowest BCUT2D eigenvalue weighted by atomic mass is 10.1. The van der Waals surface area contributed by atoms with Crippen LogP contribution in [0.15, 0.2) is 72.3 Å². The van der Waals surface area contributed by atoms with Crippen LogP contribution in [-0.2, 0) is 0 Å². The highest BCUT2D eigenvalue weighted by Gasteiger charge is 2.19. The molecule has 0 aliphatic carbocycles. The number of hydrogen-bond donors (Lipinski definition) is 2. The van der Waals surface area contributed by atoms with Crippen LogP contribution in [0, 0.1) is 0 Å². The molecule has 1 saturated heterocycles. The highest BCUT2D eigenvalue weighted by molar-refractivity contribution is 5.88. The van der Waals surface area contributed by atoms with Gasteiger partial charge in [-0.1, -0.05) is 54.6 Å². The molecule has 1 fully saturated rings. The van der Waals surface area contributed by atoms with Gasteiger partial charge in [-0.15, -0.1) is 0 Å². The Bertz CT molecular complexity index is 1100. The molecule has 3 aromatic carbocycles. The molecule has 0 saturated carbocycles. The third-order valence-electron chi connectivity index (χ3n) is 6.37. The van der Waals surface area contributed by atoms with Gasteiger partial charge in [-0.05, 0) is 74.1 Å². The Morgan fingerprint density at radius 2 is 1.91 bits per heavy atom. The van der Waals surface area contributed by atoms with Crippen LogP contribution >= 0.6 is 0 Å². The minimum atomic E-state index is -0.913. The molecule has 0 bridgehead atoms. The first kappa shape index (κ1) is 23.0. The standard InChI is InChI=1S/C28H32N2O3/c1-30-17-5-8-25(30)15-16-29-19-22(18-21-11-13-24(14-12-21)28(31)32)20-33-27-10-4-7-23-6-2-3-9-26(23)27/h2-4,6-7,9-14,18,25,29H,5,8,15-17,19-20H2,1H3,(H,31,32). The molecule has 5 heteroatoms. The Labute approximate surface area is 195 Å². The number of benzene rings is 3. The van der Waals surface area contributed by atoms with Gasteiger partial charge in [0.2, 0.25) is 0 Å². The summed E-state index contributed by atoms with van der Waals surface area (Å²) in [5.74, 6) is -0.0450. The van der Waals surface area contributed by atoms with E-state index in [0.717, 1.165) is 47.2 Å². The van der Waals surface area contributed by atoms with Crippen LogP contribution < -0.4 is 10.1 Å². The van der Waals surface area contributed by atoms with E-state index in [9.17, 15) is 4.79 Å². The van der Waals surface area contributed by atoms with Crippen molar-refractivity contribution in [2.24, 2.45) is 0 Å². The van der Waals surface area contributed by atoms with Gasteiger partial charge in [0, 0.05) is 18.0 Å². The van der Waals surface area contributed by atoms with Gasteiger partial charge in [-0.3, -0.25) is 0 Å². The highest BCUT2D eigenvalue weighted by Crippen LogP contribution is 2.25. The monoisotopic (exact) mass is 444 g/mol. The van der Waals surface area contributed by atoms with E-state index >= 15 is 0 Å². The second kappa shape index (κ2) is 11.1. The smallest absolute Gasteiger partial charge is 0.335 e. The van der Waals surface area contributed by atoms with Gasteiger partial charge in [-0.25, -0.2) is 4.79 Å². The van der Waals surface area contributed by atoms with Crippen molar-refractivity contribution in [2.45, 2.75) is 25.3 Å². The van der Waals surface area contributed by atoms with Crippen LogP contribution in [0.1, 0.15) is 35.2 Å². The lowest BCUT2D eigenvalue weighted by Crippen LogP contribution is -2.30. The third kappa shape index (κ3) is 6.21. The number of rotatable bonds is 10. The highest BCUT2D eigenvalue weighted by atomic mass is 16.5. The van der Waals surface area contributed by atoms with Crippen LogP contribution in [0.4, 0.5) is 0 Å². The Balaban J connectivity index is 1.44. The fraction of sp³-hybridized carbons (Fsp3) is 0.321. The van der Waals surface area contributed by atoms with E-state index in [4.69, 9.17) is 9.84 Å². The van der Waals surface area contributed by atoms with Crippen molar-refractivity contribution in [2.75, 3.05) is 33.3 Å². The average Bonchev–Trinajstić information content (AvgIpc) is 3.24. The number of hydrogen-bond acceptors (Lipinski definition) is 4. The predicted molar refractivity (Wildman–Crippen MR) is 134 cm³/mol. The Morgan fingerprint density at radius 3 is 2.67 bits per heavy atom. The van der Waals surface area contributed by atoms with Gasteiger partial charge in [0.05, 0.1) is 5.56 Å². The Morgan fingerprint density at radius 1 is 1.12 bits per heavy atom. The predicted octanol–water partition coefficient (Wildman–Crippen LogP) is 5.07. The fourth-order valence-corrected chi connectivity index (χ4v) is 4.45. The van der Waals surface area contributed by atoms with Crippen LogP contribution in [-0.4, -0.2) is 55.3 Å². The lowest BCUT2D eigenvalue weighted by molar-refractivity contribution is 0.0697. The normalized spacial score (nSPS) is 16.9. The molecule has 1 aliphatic heterocycles. The van der Waals surface area contributed by atoms with E-state index in [0.29, 0.717) is 18.2 Å². The number of aromatic carboxylic acids is 1. The molecule has 1 unspecified atom stereocenters. The zero-order valence-corrected chi connectivity index (χ0v) is 19.2. The molecular formula is C28H32N2O3. The number of fused-ring (bicyclic) bond motifs is 1. The summed E-state index contributed by atoms with van der Waals surface area (Å²) >= 11 is 0. The second-order valence-corrected chi connectivity index (χ2v) is 8.74. The summed E-state index contributed by atoms with van der Waals surface area (Å²) in [5.41, 5.74) is 2.37. The van der Waals surface area contributed by atoms with E-state index in [1.165, 1.54) is 19.4 Å². The minimum absolute atomic E-state index is 0.291. The molecule has 0 radical (unpaired) electrons. The summed E-state index contributed by atoms with van der Waals surface area (Å²) in [6.07, 6.45) is 5.80. The summed E-state index contributed by atoms with van der Waals surface area (Å²) in [4.78, 5) is 13.6. The first-order valence-electron chi connectivity index (χ1n) is 11.6.